The van der Waals surface area contributed by atoms with Gasteiger partial charge in [-0.3, -0.25) is 0 Å². The van der Waals surface area contributed by atoms with Crippen LogP contribution >= 0.6 is 11.3 Å². The average Bonchev–Trinajstić information content (AvgIpc) is 2.68. The summed E-state index contributed by atoms with van der Waals surface area (Å²) < 4.78 is 26.9. The molecule has 0 bridgehead atoms. The van der Waals surface area contributed by atoms with E-state index in [1.54, 1.807) is 26.2 Å². The number of rotatable bonds is 6. The van der Waals surface area contributed by atoms with Gasteiger partial charge in [-0.1, -0.05) is 13.8 Å². The second kappa shape index (κ2) is 6.24. The van der Waals surface area contributed by atoms with E-state index in [2.05, 4.69) is 0 Å². The molecule has 1 N–H and O–H groups in total. The fourth-order valence-corrected chi connectivity index (χ4v) is 5.35. The van der Waals surface area contributed by atoms with Crippen molar-refractivity contribution in [3.05, 3.63) is 15.8 Å². The van der Waals surface area contributed by atoms with Gasteiger partial charge in [-0.2, -0.15) is 4.31 Å². The number of sulfonamides is 1. The van der Waals surface area contributed by atoms with Crippen molar-refractivity contribution in [3.8, 4) is 0 Å². The molecular weight excluding hydrogens is 298 g/mol. The summed E-state index contributed by atoms with van der Waals surface area (Å²) in [4.78, 5) is 11.0. The molecule has 5 nitrogen and oxygen atoms in total. The molecule has 0 saturated heterocycles. The Morgan fingerprint density at radius 1 is 1.35 bits per heavy atom. The monoisotopic (exact) mass is 319 g/mol. The summed E-state index contributed by atoms with van der Waals surface area (Å²) in [5.74, 6) is -1.03. The number of aromatic carboxylic acids is 1. The summed E-state index contributed by atoms with van der Waals surface area (Å²) in [6.07, 6.45) is 0. The molecule has 0 atom stereocenters. The van der Waals surface area contributed by atoms with Gasteiger partial charge in [0.05, 0.1) is 0 Å². The van der Waals surface area contributed by atoms with Gasteiger partial charge >= 0.3 is 5.97 Å². The van der Waals surface area contributed by atoms with Gasteiger partial charge in [0.15, 0.2) is 0 Å². The summed E-state index contributed by atoms with van der Waals surface area (Å²) >= 11 is 0.954. The molecule has 1 aromatic heterocycles. The van der Waals surface area contributed by atoms with Gasteiger partial charge in [-0.25, -0.2) is 13.2 Å². The lowest BCUT2D eigenvalue weighted by molar-refractivity contribution is 0.0698. The Bertz CT molecular complexity index is 588. The number of nitrogens with zero attached hydrogens (tertiary/aromatic N) is 1. The van der Waals surface area contributed by atoms with Crippen LogP contribution in [0.4, 0.5) is 0 Å². The summed E-state index contributed by atoms with van der Waals surface area (Å²) in [6.45, 7) is 9.45. The molecule has 0 spiro atoms. The maximum Gasteiger partial charge on any atom is 0.347 e. The molecule has 0 aliphatic heterocycles. The Hall–Kier alpha value is -0.920. The van der Waals surface area contributed by atoms with E-state index in [4.69, 9.17) is 0 Å². The number of carbonyl (C=O) groups is 1. The normalized spacial score (nSPS) is 12.6. The smallest absolute Gasteiger partial charge is 0.347 e. The molecule has 0 radical (unpaired) electrons. The van der Waals surface area contributed by atoms with Crippen molar-refractivity contribution >= 4 is 27.3 Å². The average molecular weight is 319 g/mol. The van der Waals surface area contributed by atoms with Crippen LogP contribution < -0.4 is 0 Å². The number of carboxylic acid groups (broad SMARTS) is 1. The van der Waals surface area contributed by atoms with Crippen molar-refractivity contribution in [2.24, 2.45) is 5.92 Å². The van der Waals surface area contributed by atoms with Crippen LogP contribution in [0, 0.1) is 12.8 Å². The lowest BCUT2D eigenvalue weighted by Gasteiger charge is -2.27. The van der Waals surface area contributed by atoms with Crippen molar-refractivity contribution in [3.63, 3.8) is 0 Å². The summed E-state index contributed by atoms with van der Waals surface area (Å²) in [7, 11) is -3.80. The van der Waals surface area contributed by atoms with E-state index >= 15 is 0 Å². The third kappa shape index (κ3) is 3.39. The van der Waals surface area contributed by atoms with Crippen molar-refractivity contribution in [2.45, 2.75) is 45.6 Å². The van der Waals surface area contributed by atoms with Gasteiger partial charge < -0.3 is 5.11 Å². The van der Waals surface area contributed by atoms with Crippen LogP contribution in [0.5, 0.6) is 0 Å². The summed E-state index contributed by atoms with van der Waals surface area (Å²) in [5, 5.41) is 10.7. The fraction of sp³-hybridized carbons (Fsp3) is 0.615. The van der Waals surface area contributed by atoms with Crippen molar-refractivity contribution in [1.82, 2.24) is 4.31 Å². The molecule has 1 rings (SSSR count). The first-order valence-corrected chi connectivity index (χ1v) is 8.74. The van der Waals surface area contributed by atoms with E-state index in [0.717, 1.165) is 11.3 Å². The molecule has 7 heteroatoms. The minimum absolute atomic E-state index is 0.0654. The Morgan fingerprint density at radius 2 is 1.90 bits per heavy atom. The summed E-state index contributed by atoms with van der Waals surface area (Å²) in [6, 6.07) is -0.219. The second-order valence-electron chi connectivity index (χ2n) is 5.44. The fourth-order valence-electron chi connectivity index (χ4n) is 1.97. The largest absolute Gasteiger partial charge is 0.477 e. The molecule has 0 aliphatic carbocycles. The van der Waals surface area contributed by atoms with E-state index in [0.29, 0.717) is 12.1 Å². The Kier molecular flexibility index (Phi) is 5.34. The zero-order valence-corrected chi connectivity index (χ0v) is 14.0. The van der Waals surface area contributed by atoms with Crippen molar-refractivity contribution in [1.29, 1.82) is 0 Å². The van der Waals surface area contributed by atoms with Gasteiger partial charge in [-0.05, 0) is 37.6 Å². The van der Waals surface area contributed by atoms with Gasteiger partial charge in [0.25, 0.3) is 0 Å². The first-order valence-electron chi connectivity index (χ1n) is 6.42. The highest BCUT2D eigenvalue weighted by molar-refractivity contribution is 7.89. The Morgan fingerprint density at radius 3 is 2.30 bits per heavy atom. The molecule has 20 heavy (non-hydrogen) atoms. The lowest BCUT2D eigenvalue weighted by atomic mass is 10.2. The molecular formula is C13H21NO4S2. The van der Waals surface area contributed by atoms with Crippen LogP contribution in [0.1, 0.15) is 42.9 Å². The Labute approximate surface area is 124 Å². The molecule has 0 saturated carbocycles. The van der Waals surface area contributed by atoms with E-state index in [1.807, 2.05) is 13.8 Å². The predicted molar refractivity (Wildman–Crippen MR) is 79.9 cm³/mol. The quantitative estimate of drug-likeness (QED) is 0.875. The van der Waals surface area contributed by atoms with E-state index in [1.165, 1.54) is 4.31 Å². The van der Waals surface area contributed by atoms with Crippen molar-refractivity contribution < 1.29 is 18.3 Å². The molecule has 1 heterocycles. The predicted octanol–water partition coefficient (Wildman–Crippen LogP) is 2.81. The number of hydrogen-bond donors (Lipinski definition) is 1. The molecule has 0 aromatic carbocycles. The molecule has 0 aliphatic rings. The Balaban J connectivity index is 3.41. The topological polar surface area (TPSA) is 74.7 Å². The molecule has 0 amide bonds. The van der Waals surface area contributed by atoms with Gasteiger partial charge in [0.1, 0.15) is 9.77 Å². The van der Waals surface area contributed by atoms with Crippen LogP contribution in [0.3, 0.4) is 0 Å². The number of thiophene rings is 1. The van der Waals surface area contributed by atoms with Crippen LogP contribution in [0.15, 0.2) is 10.3 Å². The third-order valence-corrected chi connectivity index (χ3v) is 6.25. The standard InChI is InChI=1S/C13H21NO4S2/c1-8(2)6-14(9(3)4)20(17,18)12-10(5)7-19-11(12)13(15)16/h7-9H,6H2,1-5H3,(H,15,16). The first kappa shape index (κ1) is 17.1. The highest BCUT2D eigenvalue weighted by Gasteiger charge is 2.33. The van der Waals surface area contributed by atoms with E-state index < -0.39 is 16.0 Å². The third-order valence-electron chi connectivity index (χ3n) is 2.80. The molecule has 114 valence electrons. The minimum Gasteiger partial charge on any atom is -0.477 e. The highest BCUT2D eigenvalue weighted by atomic mass is 32.2. The van der Waals surface area contributed by atoms with Crippen LogP contribution in [0.25, 0.3) is 0 Å². The summed E-state index contributed by atoms with van der Waals surface area (Å²) in [5.41, 5.74) is 0.488. The second-order valence-corrected chi connectivity index (χ2v) is 8.15. The maximum absolute atomic E-state index is 12.8. The van der Waals surface area contributed by atoms with Crippen LogP contribution in [0.2, 0.25) is 0 Å². The van der Waals surface area contributed by atoms with E-state index in [-0.39, 0.29) is 21.7 Å². The van der Waals surface area contributed by atoms with Gasteiger partial charge in [0.2, 0.25) is 10.0 Å². The van der Waals surface area contributed by atoms with Crippen molar-refractivity contribution in [2.75, 3.05) is 6.54 Å². The van der Waals surface area contributed by atoms with E-state index in [9.17, 15) is 18.3 Å². The maximum atomic E-state index is 12.8. The number of hydrogen-bond acceptors (Lipinski definition) is 4. The highest BCUT2D eigenvalue weighted by Crippen LogP contribution is 2.30. The lowest BCUT2D eigenvalue weighted by Crippen LogP contribution is -2.40. The zero-order valence-electron chi connectivity index (χ0n) is 12.4. The molecule has 0 unspecified atom stereocenters. The first-order chi connectivity index (χ1) is 9.09. The SMILES string of the molecule is Cc1csc(C(=O)O)c1S(=O)(=O)N(CC(C)C)C(C)C. The minimum atomic E-state index is -3.80. The van der Waals surface area contributed by atoms with Crippen LogP contribution in [-0.2, 0) is 10.0 Å². The van der Waals surface area contributed by atoms with Gasteiger partial charge in [-0.15, -0.1) is 11.3 Å². The molecule has 1 aromatic rings. The number of carboxylic acids is 1. The van der Waals surface area contributed by atoms with Gasteiger partial charge in [0, 0.05) is 12.6 Å². The zero-order chi connectivity index (χ0) is 15.7. The molecule has 0 fully saturated rings. The van der Waals surface area contributed by atoms with Crippen LogP contribution in [-0.4, -0.2) is 36.4 Å². The number of aryl methyl sites for hydroxylation is 1.